The fourth-order valence-corrected chi connectivity index (χ4v) is 4.75. The molecule has 1 fully saturated rings. The molecule has 0 aliphatic carbocycles. The molecule has 1 aliphatic heterocycles. The summed E-state index contributed by atoms with van der Waals surface area (Å²) in [7, 11) is 0. The predicted octanol–water partition coefficient (Wildman–Crippen LogP) is 6.44. The first kappa shape index (κ1) is 31.9. The van der Waals surface area contributed by atoms with E-state index in [1.54, 1.807) is 0 Å². The number of rotatable bonds is 19. The molecule has 0 unspecified atom stereocenters. The lowest BCUT2D eigenvalue weighted by molar-refractivity contribution is -0.123. The third-order valence-corrected chi connectivity index (χ3v) is 6.93. The summed E-state index contributed by atoms with van der Waals surface area (Å²) in [6, 6.07) is 9.35. The maximum atomic E-state index is 12.7. The van der Waals surface area contributed by atoms with Crippen LogP contribution in [-0.2, 0) is 9.53 Å². The molecule has 6 heteroatoms. The van der Waals surface area contributed by atoms with E-state index in [2.05, 4.69) is 17.1 Å². The standard InChI is InChI=1S/C29H50N2O3.ClH/c1-2-3-4-5-6-7-8-9-10-11-12-13-17-20-28(32)30-27(25-31-21-23-34-24-22-31)29(33)26-18-15-14-16-19-26;/h14-16,18-19,27,29,33H,2-13,17,20-25H2,1H3,(H,30,32);1H/t27-,29-;/m0./s1. The van der Waals surface area contributed by atoms with E-state index in [0.29, 0.717) is 26.2 Å². The number of benzene rings is 1. The quantitative estimate of drug-likeness (QED) is 0.210. The Morgan fingerprint density at radius 1 is 0.886 bits per heavy atom. The van der Waals surface area contributed by atoms with Gasteiger partial charge in [0.15, 0.2) is 0 Å². The van der Waals surface area contributed by atoms with Crippen LogP contribution in [0.2, 0.25) is 0 Å². The van der Waals surface area contributed by atoms with Gasteiger partial charge in [0.2, 0.25) is 5.91 Å². The van der Waals surface area contributed by atoms with Crippen molar-refractivity contribution in [1.29, 1.82) is 0 Å². The van der Waals surface area contributed by atoms with Crippen molar-refractivity contribution in [3.8, 4) is 0 Å². The largest absolute Gasteiger partial charge is 0.386 e. The Balaban J connectivity index is 0.00000612. The zero-order valence-electron chi connectivity index (χ0n) is 22.1. The van der Waals surface area contributed by atoms with Gasteiger partial charge in [-0.2, -0.15) is 0 Å². The van der Waals surface area contributed by atoms with E-state index in [9.17, 15) is 9.90 Å². The number of halogens is 1. The molecule has 202 valence electrons. The van der Waals surface area contributed by atoms with Crippen LogP contribution in [0.25, 0.3) is 0 Å². The van der Waals surface area contributed by atoms with E-state index in [1.165, 1.54) is 70.6 Å². The van der Waals surface area contributed by atoms with E-state index in [1.807, 2.05) is 30.3 Å². The van der Waals surface area contributed by atoms with Crippen LogP contribution in [0.4, 0.5) is 0 Å². The smallest absolute Gasteiger partial charge is 0.220 e. The number of hydrogen-bond acceptors (Lipinski definition) is 4. The number of unbranched alkanes of at least 4 members (excludes halogenated alkanes) is 12. The SMILES string of the molecule is CCCCCCCCCCCCCCCC(=O)N[C@@H](CN1CCOCC1)[C@@H](O)c1ccccc1.Cl. The summed E-state index contributed by atoms with van der Waals surface area (Å²) in [6.07, 6.45) is 16.8. The third-order valence-electron chi connectivity index (χ3n) is 6.93. The van der Waals surface area contributed by atoms with Gasteiger partial charge in [-0.3, -0.25) is 9.69 Å². The molecule has 1 heterocycles. The maximum absolute atomic E-state index is 12.7. The van der Waals surface area contributed by atoms with E-state index < -0.39 is 6.10 Å². The van der Waals surface area contributed by atoms with Crippen LogP contribution in [0, 0.1) is 0 Å². The van der Waals surface area contributed by atoms with Crippen molar-refractivity contribution in [3.05, 3.63) is 35.9 Å². The molecule has 2 rings (SSSR count). The highest BCUT2D eigenvalue weighted by Crippen LogP contribution is 2.19. The molecule has 1 amide bonds. The second-order valence-electron chi connectivity index (χ2n) is 9.94. The van der Waals surface area contributed by atoms with Gasteiger partial charge in [0.05, 0.1) is 19.3 Å². The van der Waals surface area contributed by atoms with Gasteiger partial charge < -0.3 is 15.2 Å². The second-order valence-corrected chi connectivity index (χ2v) is 9.94. The monoisotopic (exact) mass is 510 g/mol. The number of amides is 1. The number of carbonyl (C=O) groups excluding carboxylic acids is 1. The zero-order chi connectivity index (χ0) is 24.3. The van der Waals surface area contributed by atoms with Gasteiger partial charge in [0.25, 0.3) is 0 Å². The molecule has 1 aliphatic rings. The lowest BCUT2D eigenvalue weighted by Gasteiger charge is -2.33. The Labute approximate surface area is 220 Å². The average Bonchev–Trinajstić information content (AvgIpc) is 2.87. The highest BCUT2D eigenvalue weighted by molar-refractivity contribution is 5.85. The lowest BCUT2D eigenvalue weighted by atomic mass is 10.0. The fourth-order valence-electron chi connectivity index (χ4n) is 4.75. The number of ether oxygens (including phenoxy) is 1. The van der Waals surface area contributed by atoms with Crippen LogP contribution < -0.4 is 5.32 Å². The number of aliphatic hydroxyl groups is 1. The number of nitrogens with zero attached hydrogens (tertiary/aromatic N) is 1. The molecule has 0 bridgehead atoms. The van der Waals surface area contributed by atoms with Crippen molar-refractivity contribution < 1.29 is 14.6 Å². The molecule has 1 aromatic rings. The van der Waals surface area contributed by atoms with Gasteiger partial charge in [-0.15, -0.1) is 12.4 Å². The highest BCUT2D eigenvalue weighted by Gasteiger charge is 2.26. The van der Waals surface area contributed by atoms with Crippen LogP contribution in [-0.4, -0.2) is 54.8 Å². The Kier molecular flexibility index (Phi) is 19.1. The summed E-state index contributed by atoms with van der Waals surface area (Å²) in [6.45, 7) is 6.01. The summed E-state index contributed by atoms with van der Waals surface area (Å²) in [5.74, 6) is 0.0521. The normalized spacial score (nSPS) is 15.8. The Morgan fingerprint density at radius 3 is 1.94 bits per heavy atom. The predicted molar refractivity (Wildman–Crippen MR) is 148 cm³/mol. The van der Waals surface area contributed by atoms with Gasteiger partial charge in [-0.25, -0.2) is 0 Å². The van der Waals surface area contributed by atoms with Crippen molar-refractivity contribution >= 4 is 18.3 Å². The third kappa shape index (κ3) is 14.9. The maximum Gasteiger partial charge on any atom is 0.220 e. The number of hydrogen-bond donors (Lipinski definition) is 2. The Bertz CT molecular complexity index is 626. The van der Waals surface area contributed by atoms with Gasteiger partial charge in [-0.05, 0) is 12.0 Å². The first-order chi connectivity index (χ1) is 16.7. The molecule has 2 N–H and O–H groups in total. The molecule has 0 radical (unpaired) electrons. The fraction of sp³-hybridized carbons (Fsp3) is 0.759. The van der Waals surface area contributed by atoms with Crippen LogP contribution >= 0.6 is 12.4 Å². The summed E-state index contributed by atoms with van der Waals surface area (Å²) in [4.78, 5) is 14.9. The van der Waals surface area contributed by atoms with Crippen LogP contribution in [0.5, 0.6) is 0 Å². The number of nitrogens with one attached hydrogen (secondary N) is 1. The highest BCUT2D eigenvalue weighted by atomic mass is 35.5. The van der Waals surface area contributed by atoms with Gasteiger partial charge in [-0.1, -0.05) is 114 Å². The second kappa shape index (κ2) is 21.0. The summed E-state index contributed by atoms with van der Waals surface area (Å²) < 4.78 is 5.45. The van der Waals surface area contributed by atoms with Crippen LogP contribution in [0.15, 0.2) is 30.3 Å². The minimum absolute atomic E-state index is 0. The van der Waals surface area contributed by atoms with Crippen molar-refractivity contribution in [3.63, 3.8) is 0 Å². The Hall–Kier alpha value is -1.14. The molecule has 2 atom stereocenters. The Morgan fingerprint density at radius 2 is 1.40 bits per heavy atom. The summed E-state index contributed by atoms with van der Waals surface area (Å²) in [5.41, 5.74) is 0.849. The molecular weight excluding hydrogens is 460 g/mol. The molecule has 0 spiro atoms. The van der Waals surface area contributed by atoms with Crippen molar-refractivity contribution in [2.75, 3.05) is 32.8 Å². The molecule has 0 saturated carbocycles. The first-order valence-corrected chi connectivity index (χ1v) is 14.0. The van der Waals surface area contributed by atoms with Crippen molar-refractivity contribution in [1.82, 2.24) is 10.2 Å². The minimum Gasteiger partial charge on any atom is -0.386 e. The minimum atomic E-state index is -0.709. The van der Waals surface area contributed by atoms with Crippen LogP contribution in [0.1, 0.15) is 108 Å². The summed E-state index contributed by atoms with van der Waals surface area (Å²) in [5, 5.41) is 14.1. The lowest BCUT2D eigenvalue weighted by Crippen LogP contribution is -2.49. The molecule has 35 heavy (non-hydrogen) atoms. The average molecular weight is 511 g/mol. The van der Waals surface area contributed by atoms with E-state index >= 15 is 0 Å². The van der Waals surface area contributed by atoms with Crippen LogP contribution in [0.3, 0.4) is 0 Å². The molecule has 0 aromatic heterocycles. The van der Waals surface area contributed by atoms with Gasteiger partial charge in [0.1, 0.15) is 6.10 Å². The number of carbonyl (C=O) groups is 1. The van der Waals surface area contributed by atoms with Gasteiger partial charge in [0, 0.05) is 26.1 Å². The van der Waals surface area contributed by atoms with Crippen molar-refractivity contribution in [2.45, 2.75) is 109 Å². The number of aliphatic hydroxyl groups excluding tert-OH is 1. The molecule has 1 saturated heterocycles. The van der Waals surface area contributed by atoms with Gasteiger partial charge >= 0.3 is 0 Å². The van der Waals surface area contributed by atoms with Crippen molar-refractivity contribution in [2.24, 2.45) is 0 Å². The van der Waals surface area contributed by atoms with E-state index in [0.717, 1.165) is 31.5 Å². The van der Waals surface area contributed by atoms with E-state index in [4.69, 9.17) is 4.74 Å². The molecule has 5 nitrogen and oxygen atoms in total. The molecular formula is C29H51ClN2O3. The summed E-state index contributed by atoms with van der Waals surface area (Å²) >= 11 is 0. The molecule has 1 aromatic carbocycles. The topological polar surface area (TPSA) is 61.8 Å². The zero-order valence-corrected chi connectivity index (χ0v) is 22.9. The first-order valence-electron chi connectivity index (χ1n) is 14.0. The van der Waals surface area contributed by atoms with E-state index in [-0.39, 0.29) is 24.4 Å². The number of morpholine rings is 1.